The van der Waals surface area contributed by atoms with Gasteiger partial charge in [-0.25, -0.2) is 0 Å². The lowest BCUT2D eigenvalue weighted by Crippen LogP contribution is -2.17. The number of ether oxygens (including phenoxy) is 2. The topological polar surface area (TPSA) is 53.4 Å². The number of carbonyl (C=O) groups is 1. The third kappa shape index (κ3) is 3.35. The number of nitrogens with zero attached hydrogens (tertiary/aromatic N) is 2. The summed E-state index contributed by atoms with van der Waals surface area (Å²) in [4.78, 5) is 12.0. The van der Waals surface area contributed by atoms with E-state index in [4.69, 9.17) is 21.1 Å². The van der Waals surface area contributed by atoms with Gasteiger partial charge in [-0.05, 0) is 13.3 Å². The van der Waals surface area contributed by atoms with Gasteiger partial charge in [-0.1, -0.05) is 18.5 Å². The van der Waals surface area contributed by atoms with E-state index in [0.29, 0.717) is 24.8 Å². The number of aryl methyl sites for hydroxylation is 2. The number of hydrogen-bond acceptors (Lipinski definition) is 4. The summed E-state index contributed by atoms with van der Waals surface area (Å²) >= 11 is 6.27. The number of halogens is 1. The lowest BCUT2D eigenvalue weighted by Gasteiger charge is -2.09. The average molecular weight is 287 g/mol. The SMILES string of the molecule is CCc1nn(CC)c(CC(=O)CC2OCCO2)c1Cl. The van der Waals surface area contributed by atoms with Gasteiger partial charge in [0, 0.05) is 6.54 Å². The van der Waals surface area contributed by atoms with Gasteiger partial charge < -0.3 is 9.47 Å². The molecule has 1 aliphatic heterocycles. The maximum Gasteiger partial charge on any atom is 0.164 e. The van der Waals surface area contributed by atoms with Gasteiger partial charge in [-0.3, -0.25) is 9.48 Å². The highest BCUT2D eigenvalue weighted by molar-refractivity contribution is 6.32. The molecule has 2 rings (SSSR count). The molecule has 1 aromatic heterocycles. The minimum atomic E-state index is -0.394. The van der Waals surface area contributed by atoms with E-state index < -0.39 is 6.29 Å². The summed E-state index contributed by atoms with van der Waals surface area (Å²) in [5.74, 6) is 0.0612. The number of ketones is 1. The van der Waals surface area contributed by atoms with Crippen LogP contribution in [0.1, 0.15) is 31.7 Å². The van der Waals surface area contributed by atoms with Crippen molar-refractivity contribution < 1.29 is 14.3 Å². The quantitative estimate of drug-likeness (QED) is 0.802. The Hall–Kier alpha value is -0.910. The molecule has 1 aromatic rings. The molecule has 0 saturated carbocycles. The van der Waals surface area contributed by atoms with Crippen LogP contribution in [0.3, 0.4) is 0 Å². The summed E-state index contributed by atoms with van der Waals surface area (Å²) in [5, 5.41) is 5.02. The number of hydrogen-bond donors (Lipinski definition) is 0. The highest BCUT2D eigenvalue weighted by atomic mass is 35.5. The van der Waals surface area contributed by atoms with Crippen LogP contribution in [0.4, 0.5) is 0 Å². The van der Waals surface area contributed by atoms with Gasteiger partial charge >= 0.3 is 0 Å². The fourth-order valence-corrected chi connectivity index (χ4v) is 2.49. The molecule has 106 valence electrons. The first kappa shape index (κ1) is 14.5. The lowest BCUT2D eigenvalue weighted by atomic mass is 10.1. The molecule has 1 saturated heterocycles. The second-order valence-electron chi connectivity index (χ2n) is 4.47. The van der Waals surface area contributed by atoms with E-state index >= 15 is 0 Å². The van der Waals surface area contributed by atoms with E-state index in [9.17, 15) is 4.79 Å². The van der Waals surface area contributed by atoms with Crippen LogP contribution < -0.4 is 0 Å². The second kappa shape index (κ2) is 6.50. The van der Waals surface area contributed by atoms with Crippen molar-refractivity contribution in [2.45, 2.75) is 45.9 Å². The van der Waals surface area contributed by atoms with Crippen LogP contribution in [-0.4, -0.2) is 35.1 Å². The Labute approximate surface area is 117 Å². The van der Waals surface area contributed by atoms with Gasteiger partial charge in [0.25, 0.3) is 0 Å². The maximum atomic E-state index is 12.0. The van der Waals surface area contributed by atoms with Gasteiger partial charge in [-0.15, -0.1) is 0 Å². The van der Waals surface area contributed by atoms with Crippen LogP contribution in [-0.2, 0) is 33.7 Å². The molecule has 5 nitrogen and oxygen atoms in total. The maximum absolute atomic E-state index is 12.0. The molecule has 0 amide bonds. The van der Waals surface area contributed by atoms with Crippen molar-refractivity contribution >= 4 is 17.4 Å². The molecule has 0 spiro atoms. The van der Waals surface area contributed by atoms with Gasteiger partial charge in [0.2, 0.25) is 0 Å². The van der Waals surface area contributed by atoms with Crippen molar-refractivity contribution in [2.75, 3.05) is 13.2 Å². The first-order valence-electron chi connectivity index (χ1n) is 6.64. The van der Waals surface area contributed by atoms with Crippen LogP contribution in [0, 0.1) is 0 Å². The van der Waals surface area contributed by atoms with E-state index in [1.54, 1.807) is 4.68 Å². The average Bonchev–Trinajstić information content (AvgIpc) is 2.99. The molecular weight excluding hydrogens is 268 g/mol. The standard InChI is InChI=1S/C13H19ClN2O3/c1-3-10-13(14)11(16(4-2)15-10)7-9(17)8-12-18-5-6-19-12/h12H,3-8H2,1-2H3. The van der Waals surface area contributed by atoms with E-state index in [0.717, 1.165) is 17.8 Å². The van der Waals surface area contributed by atoms with E-state index in [1.165, 1.54) is 0 Å². The van der Waals surface area contributed by atoms with Crippen molar-refractivity contribution in [2.24, 2.45) is 0 Å². The summed E-state index contributed by atoms with van der Waals surface area (Å²) in [6, 6.07) is 0. The largest absolute Gasteiger partial charge is 0.350 e. The fraction of sp³-hybridized carbons (Fsp3) is 0.692. The van der Waals surface area contributed by atoms with Crippen LogP contribution >= 0.6 is 11.6 Å². The highest BCUT2D eigenvalue weighted by Crippen LogP contribution is 2.23. The Bertz CT molecular complexity index is 453. The Kier molecular flexibility index (Phi) is 4.96. The highest BCUT2D eigenvalue weighted by Gasteiger charge is 2.22. The minimum absolute atomic E-state index is 0.0612. The molecule has 1 fully saturated rings. The zero-order valence-corrected chi connectivity index (χ0v) is 12.1. The normalized spacial score (nSPS) is 16.2. The summed E-state index contributed by atoms with van der Waals surface area (Å²) < 4.78 is 12.4. The van der Waals surface area contributed by atoms with E-state index in [1.807, 2.05) is 13.8 Å². The third-order valence-electron chi connectivity index (χ3n) is 3.14. The predicted molar refractivity (Wildman–Crippen MR) is 71.3 cm³/mol. The van der Waals surface area contributed by atoms with Crippen molar-refractivity contribution in [3.05, 3.63) is 16.4 Å². The number of aromatic nitrogens is 2. The van der Waals surface area contributed by atoms with Crippen molar-refractivity contribution in [3.8, 4) is 0 Å². The second-order valence-corrected chi connectivity index (χ2v) is 4.85. The molecular formula is C13H19ClN2O3. The first-order chi connectivity index (χ1) is 9.15. The predicted octanol–water partition coefficient (Wildman–Crippen LogP) is 1.99. The molecule has 1 aliphatic rings. The summed E-state index contributed by atoms with van der Waals surface area (Å²) in [5.41, 5.74) is 1.64. The fourth-order valence-electron chi connectivity index (χ4n) is 2.16. The zero-order valence-electron chi connectivity index (χ0n) is 11.3. The van der Waals surface area contributed by atoms with Gasteiger partial charge in [0.15, 0.2) is 6.29 Å². The van der Waals surface area contributed by atoms with Gasteiger partial charge in [-0.2, -0.15) is 5.10 Å². The Morgan fingerprint density at radius 2 is 2.11 bits per heavy atom. The molecule has 0 radical (unpaired) electrons. The Morgan fingerprint density at radius 3 is 2.68 bits per heavy atom. The van der Waals surface area contributed by atoms with Crippen LogP contribution in [0.5, 0.6) is 0 Å². The molecule has 6 heteroatoms. The Balaban J connectivity index is 2.04. The van der Waals surface area contributed by atoms with Gasteiger partial charge in [0.05, 0.1) is 42.5 Å². The lowest BCUT2D eigenvalue weighted by molar-refractivity contribution is -0.126. The zero-order chi connectivity index (χ0) is 13.8. The number of carbonyl (C=O) groups excluding carboxylic acids is 1. The first-order valence-corrected chi connectivity index (χ1v) is 7.02. The number of Topliss-reactive ketones (excluding diaryl/α,β-unsaturated/α-hetero) is 1. The van der Waals surface area contributed by atoms with Crippen molar-refractivity contribution in [1.82, 2.24) is 9.78 Å². The summed E-state index contributed by atoms with van der Waals surface area (Å²) in [7, 11) is 0. The molecule has 0 N–H and O–H groups in total. The molecule has 0 aliphatic carbocycles. The molecule has 0 aromatic carbocycles. The molecule has 2 heterocycles. The monoisotopic (exact) mass is 286 g/mol. The molecule has 0 unspecified atom stereocenters. The Morgan fingerprint density at radius 1 is 1.42 bits per heavy atom. The molecule has 19 heavy (non-hydrogen) atoms. The number of rotatable bonds is 6. The summed E-state index contributed by atoms with van der Waals surface area (Å²) in [6.45, 7) is 5.82. The van der Waals surface area contributed by atoms with E-state index in [2.05, 4.69) is 5.10 Å². The van der Waals surface area contributed by atoms with Crippen LogP contribution in [0.2, 0.25) is 5.02 Å². The smallest absolute Gasteiger partial charge is 0.164 e. The van der Waals surface area contributed by atoms with E-state index in [-0.39, 0.29) is 18.6 Å². The molecule has 0 bridgehead atoms. The molecule has 0 atom stereocenters. The van der Waals surface area contributed by atoms with Crippen LogP contribution in [0.15, 0.2) is 0 Å². The van der Waals surface area contributed by atoms with Crippen LogP contribution in [0.25, 0.3) is 0 Å². The summed E-state index contributed by atoms with van der Waals surface area (Å²) in [6.07, 6.45) is 0.923. The van der Waals surface area contributed by atoms with Gasteiger partial charge in [0.1, 0.15) is 5.78 Å². The van der Waals surface area contributed by atoms with Crippen molar-refractivity contribution in [1.29, 1.82) is 0 Å². The van der Waals surface area contributed by atoms with Crippen molar-refractivity contribution in [3.63, 3.8) is 0 Å². The minimum Gasteiger partial charge on any atom is -0.350 e. The third-order valence-corrected chi connectivity index (χ3v) is 3.58.